The van der Waals surface area contributed by atoms with E-state index in [9.17, 15) is 14.4 Å². The molecule has 1 fully saturated rings. The van der Waals surface area contributed by atoms with Gasteiger partial charge >= 0.3 is 5.69 Å². The van der Waals surface area contributed by atoms with E-state index in [0.717, 1.165) is 41.1 Å². The molecule has 1 aliphatic heterocycles. The van der Waals surface area contributed by atoms with Gasteiger partial charge < -0.3 is 14.7 Å². The Labute approximate surface area is 256 Å². The van der Waals surface area contributed by atoms with Crippen LogP contribution in [-0.2, 0) is 23.3 Å². The maximum absolute atomic E-state index is 14.1. The summed E-state index contributed by atoms with van der Waals surface area (Å²) < 4.78 is 10.0. The molecular weight excluding hydrogens is 566 g/mol. The molecule has 0 unspecified atom stereocenters. The van der Waals surface area contributed by atoms with Crippen LogP contribution in [0.4, 0.5) is 0 Å². The summed E-state index contributed by atoms with van der Waals surface area (Å²) in [5.74, 6) is 0.979. The molecule has 0 saturated carbocycles. The third-order valence-electron chi connectivity index (χ3n) is 7.79. The number of methoxy groups -OCH3 is 1. The predicted octanol–water partition coefficient (Wildman–Crippen LogP) is 4.35. The van der Waals surface area contributed by atoms with Gasteiger partial charge in [0.05, 0.1) is 12.5 Å². The Bertz CT molecular complexity index is 1660. The van der Waals surface area contributed by atoms with Crippen molar-refractivity contribution < 1.29 is 14.6 Å². The van der Waals surface area contributed by atoms with E-state index in [1.54, 1.807) is 41.3 Å². The molecule has 1 amide bonds. The second kappa shape index (κ2) is 13.7. The van der Waals surface area contributed by atoms with Gasteiger partial charge in [-0.15, -0.1) is 0 Å². The fourth-order valence-corrected chi connectivity index (χ4v) is 6.62. The molecule has 0 atom stereocenters. The number of nitrogens with zero attached hydrogens (tertiary/aromatic N) is 5. The zero-order valence-electron chi connectivity index (χ0n) is 26.0. The zero-order valence-corrected chi connectivity index (χ0v) is 26.8. The highest BCUT2D eigenvalue weighted by Gasteiger charge is 2.38. The lowest BCUT2D eigenvalue weighted by Gasteiger charge is -2.35. The molecular formula is C32H43N5O5S. The second-order valence-electron chi connectivity index (χ2n) is 11.8. The lowest BCUT2D eigenvalue weighted by molar-refractivity contribution is -0.140. The van der Waals surface area contributed by atoms with Gasteiger partial charge in [0.1, 0.15) is 21.1 Å². The largest absolute Gasteiger partial charge is 0.496 e. The summed E-state index contributed by atoms with van der Waals surface area (Å²) in [6.07, 6.45) is 6.95. The number of hydrogen-bond acceptors (Lipinski definition) is 7. The van der Waals surface area contributed by atoms with Crippen molar-refractivity contribution in [3.8, 4) is 10.8 Å². The molecule has 0 spiro atoms. The van der Waals surface area contributed by atoms with Crippen LogP contribution in [0.2, 0.25) is 0 Å². The number of amides is 1. The fourth-order valence-electron chi connectivity index (χ4n) is 5.35. The minimum Gasteiger partial charge on any atom is -0.496 e. The molecule has 3 aromatic heterocycles. The molecule has 1 aliphatic rings. The number of thiophene rings is 1. The Hall–Kier alpha value is -3.70. The molecule has 43 heavy (non-hydrogen) atoms. The maximum atomic E-state index is 14.1. The van der Waals surface area contributed by atoms with Crippen molar-refractivity contribution in [2.24, 2.45) is 5.92 Å². The summed E-state index contributed by atoms with van der Waals surface area (Å²) in [4.78, 5) is 44.2. The molecule has 232 valence electrons. The number of para-hydroxylation sites is 1. The number of aliphatic hydroxyl groups excluding tert-OH is 1. The summed E-state index contributed by atoms with van der Waals surface area (Å²) in [5, 5.41) is 13.7. The van der Waals surface area contributed by atoms with Crippen LogP contribution < -0.4 is 16.0 Å². The van der Waals surface area contributed by atoms with Crippen molar-refractivity contribution in [2.45, 2.75) is 72.4 Å². The number of aromatic nitrogens is 4. The Morgan fingerprint density at radius 2 is 1.79 bits per heavy atom. The van der Waals surface area contributed by atoms with E-state index >= 15 is 0 Å². The summed E-state index contributed by atoms with van der Waals surface area (Å²) in [5.41, 5.74) is -0.578. The molecule has 4 heterocycles. The monoisotopic (exact) mass is 609 g/mol. The van der Waals surface area contributed by atoms with Gasteiger partial charge in [-0.2, -0.15) is 5.10 Å². The van der Waals surface area contributed by atoms with Gasteiger partial charge in [-0.05, 0) is 70.1 Å². The number of carbonyl (C=O) groups is 1. The fraction of sp³-hybridized carbons (Fsp3) is 0.500. The number of ether oxygens (including phenoxy) is 1. The third-order valence-corrected chi connectivity index (χ3v) is 9.09. The highest BCUT2D eigenvalue weighted by Crippen LogP contribution is 2.32. The number of piperidine rings is 1. The molecule has 0 aliphatic carbocycles. The van der Waals surface area contributed by atoms with Gasteiger partial charge in [0.15, 0.2) is 0 Å². The molecule has 1 N–H and O–H groups in total. The molecule has 1 aromatic carbocycles. The average molecular weight is 610 g/mol. The number of carbonyl (C=O) groups excluding carboxylic acids is 1. The van der Waals surface area contributed by atoms with Gasteiger partial charge in [-0.25, -0.2) is 14.0 Å². The van der Waals surface area contributed by atoms with Gasteiger partial charge in [0, 0.05) is 44.2 Å². The van der Waals surface area contributed by atoms with Crippen LogP contribution in [0.15, 0.2) is 52.3 Å². The number of likely N-dealkylation sites (tertiary alicyclic amines) is 1. The first-order valence-electron chi connectivity index (χ1n) is 14.8. The number of rotatable bonds is 8. The van der Waals surface area contributed by atoms with Gasteiger partial charge in [0.2, 0.25) is 5.91 Å². The summed E-state index contributed by atoms with van der Waals surface area (Å²) in [6, 6.07) is 9.51. The van der Waals surface area contributed by atoms with Crippen LogP contribution in [0.1, 0.15) is 58.1 Å². The molecule has 1 saturated heterocycles. The van der Waals surface area contributed by atoms with Crippen LogP contribution in [0, 0.1) is 12.8 Å². The standard InChI is InChI=1S/C28H33N5O4S.C4H10O/c1-19-22-23(34)33(28(2,3)26(35)30-15-8-5-9-16-30)27(36)31(18-13-20-11-6-7-12-21(20)37-4)25(22)38-24(19)32-17-10-14-29-32;1-4(2)3-5/h6-7,10-12,14,17H,5,8-9,13,15-16,18H2,1-4H3;4-5H,3H2,1-2H3. The zero-order chi connectivity index (χ0) is 31.3. The predicted molar refractivity (Wildman–Crippen MR) is 171 cm³/mol. The minimum absolute atomic E-state index is 0.202. The summed E-state index contributed by atoms with van der Waals surface area (Å²) in [7, 11) is 1.62. The second-order valence-corrected chi connectivity index (χ2v) is 12.8. The Morgan fingerprint density at radius 3 is 2.40 bits per heavy atom. The number of aryl methyl sites for hydroxylation is 3. The number of benzene rings is 1. The quantitative estimate of drug-likeness (QED) is 0.318. The average Bonchev–Trinajstić information content (AvgIpc) is 3.65. The molecule has 5 rings (SSSR count). The Balaban J connectivity index is 0.000000782. The number of aliphatic hydroxyl groups is 1. The maximum Gasteiger partial charge on any atom is 0.333 e. The SMILES string of the molecule is CC(C)CO.COc1ccccc1CCn1c(=O)n(C(C)(C)C(=O)N2CCCCC2)c(=O)c2c(C)c(-n3cccn3)sc21. The lowest BCUT2D eigenvalue weighted by atomic mass is 10.00. The normalized spacial score (nSPS) is 13.7. The molecule has 0 radical (unpaired) electrons. The van der Waals surface area contributed by atoms with Crippen LogP contribution in [-0.4, -0.2) is 61.6 Å². The van der Waals surface area contributed by atoms with E-state index in [4.69, 9.17) is 9.84 Å². The van der Waals surface area contributed by atoms with Crippen molar-refractivity contribution in [2.75, 3.05) is 26.8 Å². The Morgan fingerprint density at radius 1 is 1.12 bits per heavy atom. The first-order valence-corrected chi connectivity index (χ1v) is 15.7. The highest BCUT2D eigenvalue weighted by atomic mass is 32.1. The number of hydrogen-bond donors (Lipinski definition) is 1. The van der Waals surface area contributed by atoms with Crippen LogP contribution in [0.5, 0.6) is 5.75 Å². The van der Waals surface area contributed by atoms with E-state index in [0.29, 0.717) is 48.8 Å². The Kier molecular flexibility index (Phi) is 10.3. The summed E-state index contributed by atoms with van der Waals surface area (Å²) >= 11 is 1.36. The van der Waals surface area contributed by atoms with E-state index < -0.39 is 16.8 Å². The van der Waals surface area contributed by atoms with Gasteiger partial charge in [-0.3, -0.25) is 14.2 Å². The van der Waals surface area contributed by atoms with E-state index in [-0.39, 0.29) is 5.91 Å². The van der Waals surface area contributed by atoms with Crippen molar-refractivity contribution in [1.82, 2.24) is 23.8 Å². The molecule has 0 bridgehead atoms. The van der Waals surface area contributed by atoms with Crippen molar-refractivity contribution in [3.05, 3.63) is 74.7 Å². The van der Waals surface area contributed by atoms with Gasteiger partial charge in [-0.1, -0.05) is 43.4 Å². The van der Waals surface area contributed by atoms with Crippen molar-refractivity contribution in [3.63, 3.8) is 0 Å². The van der Waals surface area contributed by atoms with Crippen LogP contribution >= 0.6 is 11.3 Å². The van der Waals surface area contributed by atoms with Crippen molar-refractivity contribution >= 4 is 27.5 Å². The van der Waals surface area contributed by atoms with Crippen LogP contribution in [0.3, 0.4) is 0 Å². The molecule has 4 aromatic rings. The summed E-state index contributed by atoms with van der Waals surface area (Å²) in [6.45, 7) is 11.1. The first-order chi connectivity index (χ1) is 20.5. The number of fused-ring (bicyclic) bond motifs is 1. The van der Waals surface area contributed by atoms with Crippen LogP contribution in [0.25, 0.3) is 15.2 Å². The molecule has 11 heteroatoms. The molecule has 10 nitrogen and oxygen atoms in total. The smallest absolute Gasteiger partial charge is 0.333 e. The highest BCUT2D eigenvalue weighted by molar-refractivity contribution is 7.21. The van der Waals surface area contributed by atoms with E-state index in [2.05, 4.69) is 5.10 Å². The first kappa shape index (κ1) is 32.2. The van der Waals surface area contributed by atoms with E-state index in [1.165, 1.54) is 15.9 Å². The van der Waals surface area contributed by atoms with Crippen molar-refractivity contribution in [1.29, 1.82) is 0 Å². The van der Waals surface area contributed by atoms with Gasteiger partial charge in [0.25, 0.3) is 5.56 Å². The lowest BCUT2D eigenvalue weighted by Crippen LogP contribution is -2.57. The third kappa shape index (κ3) is 6.62. The topological polar surface area (TPSA) is 112 Å². The minimum atomic E-state index is -1.34. The van der Waals surface area contributed by atoms with E-state index in [1.807, 2.05) is 57.3 Å².